The Morgan fingerprint density at radius 1 is 1.47 bits per heavy atom. The maximum Gasteiger partial charge on any atom is 0.142 e. The monoisotopic (exact) mass is 260 g/mol. The first kappa shape index (κ1) is 12.4. The van der Waals surface area contributed by atoms with E-state index in [1.54, 1.807) is 6.33 Å². The number of hydrogen-bond donors (Lipinski definition) is 2. The van der Waals surface area contributed by atoms with E-state index in [0.717, 1.165) is 36.2 Å². The number of nitrogens with zero attached hydrogens (tertiary/aromatic N) is 3. The van der Waals surface area contributed by atoms with Crippen molar-refractivity contribution in [3.05, 3.63) is 18.6 Å². The minimum Gasteiger partial charge on any atom is -0.394 e. The van der Waals surface area contributed by atoms with Gasteiger partial charge in [-0.3, -0.25) is 0 Å². The highest BCUT2D eigenvalue weighted by molar-refractivity contribution is 5.87. The third kappa shape index (κ3) is 2.18. The Morgan fingerprint density at radius 3 is 3.11 bits per heavy atom. The molecule has 0 amide bonds. The molecule has 102 valence electrons. The van der Waals surface area contributed by atoms with Crippen molar-refractivity contribution in [1.82, 2.24) is 15.0 Å². The third-order valence-electron chi connectivity index (χ3n) is 4.01. The summed E-state index contributed by atoms with van der Waals surface area (Å²) in [5.74, 6) is 0.929. The molecule has 0 spiro atoms. The Labute approximate surface area is 112 Å². The van der Waals surface area contributed by atoms with Gasteiger partial charge in [-0.2, -0.15) is 0 Å². The zero-order chi connectivity index (χ0) is 13.5. The molecule has 0 aliphatic carbocycles. The van der Waals surface area contributed by atoms with Crippen LogP contribution in [0.1, 0.15) is 26.7 Å². The molecule has 1 aliphatic heterocycles. The zero-order valence-corrected chi connectivity index (χ0v) is 11.4. The summed E-state index contributed by atoms with van der Waals surface area (Å²) < 4.78 is 0. The van der Waals surface area contributed by atoms with Crippen molar-refractivity contribution in [3.8, 4) is 0 Å². The van der Waals surface area contributed by atoms with Gasteiger partial charge in [-0.15, -0.1) is 0 Å². The van der Waals surface area contributed by atoms with Crippen LogP contribution in [0.25, 0.3) is 11.0 Å². The number of rotatable bonds is 2. The number of aliphatic hydroxyl groups excluding tert-OH is 1. The molecular formula is C14H20N4O. The van der Waals surface area contributed by atoms with Crippen LogP contribution in [0, 0.1) is 5.41 Å². The Morgan fingerprint density at radius 2 is 2.32 bits per heavy atom. The summed E-state index contributed by atoms with van der Waals surface area (Å²) in [7, 11) is 0. The van der Waals surface area contributed by atoms with E-state index in [2.05, 4.69) is 33.7 Å². The highest BCUT2D eigenvalue weighted by Crippen LogP contribution is 2.36. The van der Waals surface area contributed by atoms with E-state index >= 15 is 0 Å². The van der Waals surface area contributed by atoms with E-state index in [9.17, 15) is 5.11 Å². The molecular weight excluding hydrogens is 240 g/mol. The number of H-pyrrole nitrogens is 1. The van der Waals surface area contributed by atoms with Gasteiger partial charge in [-0.1, -0.05) is 13.8 Å². The molecule has 0 radical (unpaired) electrons. The molecule has 1 fully saturated rings. The van der Waals surface area contributed by atoms with Gasteiger partial charge < -0.3 is 15.0 Å². The summed E-state index contributed by atoms with van der Waals surface area (Å²) in [6, 6.07) is 2.15. The van der Waals surface area contributed by atoms with Crippen LogP contribution in [0.2, 0.25) is 0 Å². The molecule has 1 aliphatic rings. The molecule has 2 aromatic heterocycles. The van der Waals surface area contributed by atoms with Crippen LogP contribution >= 0.6 is 0 Å². The maximum absolute atomic E-state index is 9.62. The number of piperidine rings is 1. The van der Waals surface area contributed by atoms with Crippen molar-refractivity contribution in [2.75, 3.05) is 18.1 Å². The van der Waals surface area contributed by atoms with Gasteiger partial charge in [-0.25, -0.2) is 9.97 Å². The molecule has 2 aromatic rings. The molecule has 3 rings (SSSR count). The Bertz CT molecular complexity index is 578. The summed E-state index contributed by atoms with van der Waals surface area (Å²) in [6.07, 6.45) is 5.60. The van der Waals surface area contributed by atoms with Crippen LogP contribution in [0.4, 0.5) is 5.82 Å². The van der Waals surface area contributed by atoms with E-state index in [-0.39, 0.29) is 18.1 Å². The first-order valence-electron chi connectivity index (χ1n) is 6.76. The summed E-state index contributed by atoms with van der Waals surface area (Å²) in [5, 5.41) is 10.6. The van der Waals surface area contributed by atoms with Crippen LogP contribution in [-0.4, -0.2) is 39.3 Å². The minimum atomic E-state index is 0.154. The molecule has 0 aromatic carbocycles. The summed E-state index contributed by atoms with van der Waals surface area (Å²) >= 11 is 0. The fraction of sp³-hybridized carbons (Fsp3) is 0.571. The summed E-state index contributed by atoms with van der Waals surface area (Å²) in [5.41, 5.74) is 1.10. The standard InChI is InChI=1S/C14H20N4O/c1-14(2)5-3-10(7-19)18(8-14)13-11-4-6-15-12(11)16-9-17-13/h4,6,9-10,19H,3,5,7-8H2,1-2H3,(H,15,16,17)/t10-/m1/s1. The van der Waals surface area contributed by atoms with Crippen molar-refractivity contribution >= 4 is 16.9 Å². The predicted molar refractivity (Wildman–Crippen MR) is 75.1 cm³/mol. The van der Waals surface area contributed by atoms with Crippen LogP contribution in [0.5, 0.6) is 0 Å². The summed E-state index contributed by atoms with van der Waals surface area (Å²) in [6.45, 7) is 5.62. The number of aromatic nitrogens is 3. The van der Waals surface area contributed by atoms with Gasteiger partial charge >= 0.3 is 0 Å². The van der Waals surface area contributed by atoms with Gasteiger partial charge in [0.15, 0.2) is 0 Å². The van der Waals surface area contributed by atoms with E-state index in [4.69, 9.17) is 0 Å². The molecule has 2 N–H and O–H groups in total. The van der Waals surface area contributed by atoms with Crippen molar-refractivity contribution in [3.63, 3.8) is 0 Å². The quantitative estimate of drug-likeness (QED) is 0.866. The summed E-state index contributed by atoms with van der Waals surface area (Å²) in [4.78, 5) is 14.0. The van der Waals surface area contributed by atoms with Gasteiger partial charge in [0.1, 0.15) is 17.8 Å². The van der Waals surface area contributed by atoms with Crippen molar-refractivity contribution in [1.29, 1.82) is 0 Å². The molecule has 0 unspecified atom stereocenters. The molecule has 1 atom stereocenters. The topological polar surface area (TPSA) is 65.0 Å². The Kier molecular flexibility index (Phi) is 2.93. The van der Waals surface area contributed by atoms with E-state index in [1.165, 1.54) is 0 Å². The smallest absolute Gasteiger partial charge is 0.142 e. The van der Waals surface area contributed by atoms with Crippen LogP contribution in [0.15, 0.2) is 18.6 Å². The minimum absolute atomic E-state index is 0.154. The largest absolute Gasteiger partial charge is 0.394 e. The first-order valence-corrected chi connectivity index (χ1v) is 6.76. The zero-order valence-electron chi connectivity index (χ0n) is 11.4. The lowest BCUT2D eigenvalue weighted by Gasteiger charge is -2.44. The molecule has 19 heavy (non-hydrogen) atoms. The SMILES string of the molecule is CC1(C)CC[C@H](CO)N(c2ncnc3[nH]ccc23)C1. The number of aliphatic hydroxyl groups is 1. The normalized spacial score (nSPS) is 22.9. The second-order valence-corrected chi connectivity index (χ2v) is 6.10. The second-order valence-electron chi connectivity index (χ2n) is 6.10. The lowest BCUT2D eigenvalue weighted by atomic mass is 9.81. The number of aromatic amines is 1. The number of fused-ring (bicyclic) bond motifs is 1. The van der Waals surface area contributed by atoms with Crippen molar-refractivity contribution in [2.45, 2.75) is 32.7 Å². The van der Waals surface area contributed by atoms with Gasteiger partial charge in [0.2, 0.25) is 0 Å². The highest BCUT2D eigenvalue weighted by Gasteiger charge is 2.34. The molecule has 5 heteroatoms. The van der Waals surface area contributed by atoms with Gasteiger partial charge in [-0.05, 0) is 24.3 Å². The lowest BCUT2D eigenvalue weighted by Crippen LogP contribution is -2.49. The number of hydrogen-bond acceptors (Lipinski definition) is 4. The fourth-order valence-electron chi connectivity index (χ4n) is 2.91. The van der Waals surface area contributed by atoms with E-state index in [1.807, 2.05) is 12.3 Å². The maximum atomic E-state index is 9.62. The second kappa shape index (κ2) is 4.49. The molecule has 0 saturated carbocycles. The Hall–Kier alpha value is -1.62. The molecule has 1 saturated heterocycles. The van der Waals surface area contributed by atoms with E-state index < -0.39 is 0 Å². The van der Waals surface area contributed by atoms with E-state index in [0.29, 0.717) is 0 Å². The fourth-order valence-corrected chi connectivity index (χ4v) is 2.91. The highest BCUT2D eigenvalue weighted by atomic mass is 16.3. The number of nitrogens with one attached hydrogen (secondary N) is 1. The Balaban J connectivity index is 2.04. The van der Waals surface area contributed by atoms with Crippen molar-refractivity contribution in [2.24, 2.45) is 5.41 Å². The average molecular weight is 260 g/mol. The van der Waals surface area contributed by atoms with Crippen LogP contribution in [-0.2, 0) is 0 Å². The first-order chi connectivity index (χ1) is 9.11. The number of anilines is 1. The average Bonchev–Trinajstić information content (AvgIpc) is 2.85. The van der Waals surface area contributed by atoms with Gasteiger partial charge in [0.25, 0.3) is 0 Å². The van der Waals surface area contributed by atoms with Crippen molar-refractivity contribution < 1.29 is 5.11 Å². The van der Waals surface area contributed by atoms with Crippen LogP contribution in [0.3, 0.4) is 0 Å². The van der Waals surface area contributed by atoms with Gasteiger partial charge in [0, 0.05) is 12.7 Å². The van der Waals surface area contributed by atoms with Crippen LogP contribution < -0.4 is 4.90 Å². The molecule has 5 nitrogen and oxygen atoms in total. The third-order valence-corrected chi connectivity index (χ3v) is 4.01. The predicted octanol–water partition coefficient (Wildman–Crippen LogP) is 1.95. The van der Waals surface area contributed by atoms with Gasteiger partial charge in [0.05, 0.1) is 18.0 Å². The molecule has 3 heterocycles. The lowest BCUT2D eigenvalue weighted by molar-refractivity contribution is 0.190. The molecule has 0 bridgehead atoms.